The zero-order chi connectivity index (χ0) is 32.3. The predicted octanol–water partition coefficient (Wildman–Crippen LogP) is 4.18. The van der Waals surface area contributed by atoms with Crippen LogP contribution in [0.2, 0.25) is 0 Å². The number of benzene rings is 2. The number of thioether (sulfide) groups is 1. The van der Waals surface area contributed by atoms with Crippen LogP contribution >= 0.6 is 11.8 Å². The van der Waals surface area contributed by atoms with Gasteiger partial charge in [0.1, 0.15) is 18.2 Å². The molecule has 0 atom stereocenters. The lowest BCUT2D eigenvalue weighted by Crippen LogP contribution is -2.49. The molecule has 46 heavy (non-hydrogen) atoms. The summed E-state index contributed by atoms with van der Waals surface area (Å²) >= 11 is 1.53. The van der Waals surface area contributed by atoms with Crippen molar-refractivity contribution < 1.29 is 9.53 Å². The summed E-state index contributed by atoms with van der Waals surface area (Å²) in [5.41, 5.74) is 4.38. The molecule has 2 saturated heterocycles. The number of urea groups is 1. The maximum atomic E-state index is 11.3. The van der Waals surface area contributed by atoms with E-state index in [-0.39, 0.29) is 12.0 Å². The summed E-state index contributed by atoms with van der Waals surface area (Å²) < 4.78 is 5.87. The average molecular weight is 642 g/mol. The molecule has 2 amide bonds. The summed E-state index contributed by atoms with van der Waals surface area (Å²) in [5, 5.41) is 17.1. The van der Waals surface area contributed by atoms with E-state index in [1.54, 1.807) is 31.3 Å². The van der Waals surface area contributed by atoms with E-state index in [2.05, 4.69) is 67.7 Å². The van der Waals surface area contributed by atoms with E-state index < -0.39 is 0 Å². The summed E-state index contributed by atoms with van der Waals surface area (Å²) in [6, 6.07) is 20.9. The largest absolute Gasteiger partial charge is 0.459 e. The molecule has 0 spiro atoms. The van der Waals surface area contributed by atoms with Gasteiger partial charge in [0.2, 0.25) is 0 Å². The van der Waals surface area contributed by atoms with Crippen molar-refractivity contribution >= 4 is 29.1 Å². The summed E-state index contributed by atoms with van der Waals surface area (Å²) in [6.07, 6.45) is 1.63. The van der Waals surface area contributed by atoms with Crippen LogP contribution in [0.5, 0.6) is 6.01 Å². The summed E-state index contributed by atoms with van der Waals surface area (Å²) in [5.74, 6) is 0. The number of nitrogens with zero attached hydrogens (tertiary/aromatic N) is 7. The molecule has 2 aromatic carbocycles. The van der Waals surface area contributed by atoms with Crippen LogP contribution in [-0.2, 0) is 13.2 Å². The fourth-order valence-corrected chi connectivity index (χ4v) is 6.36. The number of allylic oxidation sites excluding steroid dienone is 1. The topological polar surface area (TPSA) is 113 Å². The average Bonchev–Trinajstić information content (AvgIpc) is 3.53. The van der Waals surface area contributed by atoms with Crippen LogP contribution in [0.4, 0.5) is 10.5 Å². The van der Waals surface area contributed by atoms with E-state index in [0.717, 1.165) is 86.6 Å². The van der Waals surface area contributed by atoms with E-state index in [0.29, 0.717) is 17.9 Å². The molecule has 242 valence electrons. The molecule has 0 saturated carbocycles. The minimum absolute atomic E-state index is 0.117. The smallest absolute Gasteiger partial charge is 0.319 e. The van der Waals surface area contributed by atoms with Crippen molar-refractivity contribution in [3.63, 3.8) is 0 Å². The lowest BCUT2D eigenvalue weighted by Gasteiger charge is -2.34. The molecule has 2 fully saturated rings. The summed E-state index contributed by atoms with van der Waals surface area (Å²) in [4.78, 5) is 29.6. The van der Waals surface area contributed by atoms with Gasteiger partial charge in [-0.15, -0.1) is 0 Å². The third-order valence-corrected chi connectivity index (χ3v) is 9.14. The number of anilines is 1. The molecule has 12 heteroatoms. The molecule has 3 aliphatic rings. The highest BCUT2D eigenvalue weighted by atomic mass is 32.2. The van der Waals surface area contributed by atoms with Crippen LogP contribution in [0.25, 0.3) is 5.57 Å². The third-order valence-electron chi connectivity index (χ3n) is 8.06. The SMILES string of the molecule is CCN1CCN(Cc2ccc(COc3nccc(C(C#N)=C4Nc5ccccc5S4)n3)cc2)CC1.CN(C)C(=O)N1CCNCC1. The van der Waals surface area contributed by atoms with Crippen molar-refractivity contribution in [1.82, 2.24) is 34.9 Å². The Morgan fingerprint density at radius 2 is 1.67 bits per heavy atom. The summed E-state index contributed by atoms with van der Waals surface area (Å²) in [7, 11) is 3.56. The number of hydrogen-bond acceptors (Lipinski definition) is 10. The number of para-hydroxylation sites is 1. The second kappa shape index (κ2) is 16.4. The van der Waals surface area contributed by atoms with E-state index in [9.17, 15) is 10.1 Å². The zero-order valence-corrected chi connectivity index (χ0v) is 27.7. The number of aromatic nitrogens is 2. The Morgan fingerprint density at radius 3 is 2.35 bits per heavy atom. The monoisotopic (exact) mass is 641 g/mol. The number of nitriles is 1. The Labute approximate surface area is 276 Å². The van der Waals surface area contributed by atoms with Gasteiger partial charge < -0.3 is 30.1 Å². The first kappa shape index (κ1) is 33.2. The molecular formula is C34H43N9O2S. The highest BCUT2D eigenvalue weighted by molar-refractivity contribution is 8.04. The number of carbonyl (C=O) groups excluding carboxylic acids is 1. The van der Waals surface area contributed by atoms with Gasteiger partial charge in [0.25, 0.3) is 0 Å². The van der Waals surface area contributed by atoms with Gasteiger partial charge in [0.05, 0.1) is 16.4 Å². The fourth-order valence-electron chi connectivity index (χ4n) is 5.35. The first-order chi connectivity index (χ1) is 22.4. The molecule has 0 radical (unpaired) electrons. The fraction of sp³-hybridized carbons (Fsp3) is 0.412. The van der Waals surface area contributed by atoms with Crippen molar-refractivity contribution in [2.75, 3.05) is 78.3 Å². The Bertz CT molecular complexity index is 1500. The van der Waals surface area contributed by atoms with Gasteiger partial charge in [0, 0.05) is 84.1 Å². The van der Waals surface area contributed by atoms with Gasteiger partial charge in [-0.3, -0.25) is 4.90 Å². The summed E-state index contributed by atoms with van der Waals surface area (Å²) in [6.45, 7) is 12.7. The van der Waals surface area contributed by atoms with Gasteiger partial charge in [-0.2, -0.15) is 10.2 Å². The Morgan fingerprint density at radius 1 is 0.978 bits per heavy atom. The van der Waals surface area contributed by atoms with Crippen LogP contribution in [0.1, 0.15) is 23.7 Å². The van der Waals surface area contributed by atoms with E-state index >= 15 is 0 Å². The second-order valence-corrected chi connectivity index (χ2v) is 12.5. The van der Waals surface area contributed by atoms with Crippen molar-refractivity contribution in [2.24, 2.45) is 0 Å². The minimum Gasteiger partial charge on any atom is -0.459 e. The Balaban J connectivity index is 0.000000322. The lowest BCUT2D eigenvalue weighted by molar-refractivity contribution is 0.132. The molecule has 3 aromatic rings. The van der Waals surface area contributed by atoms with Crippen LogP contribution in [0, 0.1) is 11.3 Å². The molecule has 0 aliphatic carbocycles. The molecule has 4 heterocycles. The maximum Gasteiger partial charge on any atom is 0.319 e. The quantitative estimate of drug-likeness (QED) is 0.365. The van der Waals surface area contributed by atoms with Crippen LogP contribution in [0.15, 0.2) is 70.7 Å². The number of nitrogens with one attached hydrogen (secondary N) is 2. The second-order valence-electron chi connectivity index (χ2n) is 11.5. The van der Waals surface area contributed by atoms with Gasteiger partial charge in [-0.05, 0) is 35.9 Å². The van der Waals surface area contributed by atoms with Crippen LogP contribution in [-0.4, -0.2) is 109 Å². The predicted molar refractivity (Wildman–Crippen MR) is 182 cm³/mol. The van der Waals surface area contributed by atoms with Gasteiger partial charge in [-0.1, -0.05) is 55.1 Å². The molecule has 6 rings (SSSR count). The van der Waals surface area contributed by atoms with Crippen molar-refractivity contribution in [2.45, 2.75) is 25.0 Å². The highest BCUT2D eigenvalue weighted by Gasteiger charge is 2.21. The Kier molecular flexibility index (Phi) is 11.9. The van der Waals surface area contributed by atoms with E-state index in [1.807, 2.05) is 29.2 Å². The zero-order valence-electron chi connectivity index (χ0n) is 26.9. The van der Waals surface area contributed by atoms with Crippen LogP contribution in [0.3, 0.4) is 0 Å². The molecule has 11 nitrogen and oxygen atoms in total. The van der Waals surface area contributed by atoms with Crippen LogP contribution < -0.4 is 15.4 Å². The molecule has 2 N–H and O–H groups in total. The molecule has 0 bridgehead atoms. The third kappa shape index (κ3) is 8.98. The van der Waals surface area contributed by atoms with E-state index in [4.69, 9.17) is 4.74 Å². The van der Waals surface area contributed by atoms with Gasteiger partial charge in [0.15, 0.2) is 0 Å². The van der Waals surface area contributed by atoms with Gasteiger partial charge in [-0.25, -0.2) is 9.78 Å². The molecule has 3 aliphatic heterocycles. The number of ether oxygens (including phenoxy) is 1. The maximum absolute atomic E-state index is 11.3. The number of likely N-dealkylation sites (N-methyl/N-ethyl adjacent to an activating group) is 1. The molecule has 1 aromatic heterocycles. The Hall–Kier alpha value is -4.15. The minimum atomic E-state index is 0.117. The lowest BCUT2D eigenvalue weighted by atomic mass is 10.1. The van der Waals surface area contributed by atoms with Crippen molar-refractivity contribution in [1.29, 1.82) is 5.26 Å². The van der Waals surface area contributed by atoms with Crippen molar-refractivity contribution in [3.8, 4) is 12.1 Å². The standard InChI is InChI=1S/C27H28N6OS.C7H15N3O/c1-2-32-13-15-33(16-14-32)18-20-7-9-21(10-8-20)19-34-27-29-12-11-23(31-27)22(17-28)26-30-24-5-3-4-6-25(24)35-26;1-9(2)7(11)10-5-3-8-4-6-10/h3-12,30H,2,13-16,18-19H2,1H3;8H,3-6H2,1-2H3. The molecular weight excluding hydrogens is 599 g/mol. The normalized spacial score (nSPS) is 17.6. The number of carbonyl (C=O) groups is 1. The number of hydrogen-bond donors (Lipinski definition) is 2. The first-order valence-corrected chi connectivity index (χ1v) is 16.6. The number of fused-ring (bicyclic) bond motifs is 1. The number of rotatable bonds is 7. The van der Waals surface area contributed by atoms with Gasteiger partial charge >= 0.3 is 12.0 Å². The van der Waals surface area contributed by atoms with Crippen molar-refractivity contribution in [3.05, 3.63) is 82.6 Å². The molecule has 0 unspecified atom stereocenters. The first-order valence-electron chi connectivity index (χ1n) is 15.8. The number of amides is 2. The van der Waals surface area contributed by atoms with E-state index in [1.165, 1.54) is 17.3 Å². The highest BCUT2D eigenvalue weighted by Crippen LogP contribution is 2.43. The number of piperazine rings is 2.